The molecule has 0 atom stereocenters. The molecule has 1 fully saturated rings. The van der Waals surface area contributed by atoms with Crippen LogP contribution >= 0.6 is 11.3 Å². The number of rotatable bonds is 8. The van der Waals surface area contributed by atoms with Crippen LogP contribution in [-0.4, -0.2) is 34.0 Å². The van der Waals surface area contributed by atoms with E-state index < -0.39 is 5.97 Å². The molecule has 3 aromatic rings. The molecule has 35 heavy (non-hydrogen) atoms. The molecular formula is C29H33N3O2S. The van der Waals surface area contributed by atoms with E-state index in [0.717, 1.165) is 71.9 Å². The highest BCUT2D eigenvalue weighted by Crippen LogP contribution is 2.36. The Morgan fingerprint density at radius 2 is 2.00 bits per heavy atom. The lowest BCUT2D eigenvalue weighted by molar-refractivity contribution is -0.143. The Balaban J connectivity index is 1.57. The van der Waals surface area contributed by atoms with Gasteiger partial charge in [-0.1, -0.05) is 51.1 Å². The minimum Gasteiger partial charge on any atom is -0.481 e. The van der Waals surface area contributed by atoms with Crippen LogP contribution < -0.4 is 0 Å². The summed E-state index contributed by atoms with van der Waals surface area (Å²) in [6.45, 7) is 9.01. The number of carbonyl (C=O) groups is 1. The molecule has 1 aliphatic rings. The van der Waals surface area contributed by atoms with E-state index in [2.05, 4.69) is 62.1 Å². The predicted octanol–water partition coefficient (Wildman–Crippen LogP) is 6.41. The second-order valence-electron chi connectivity index (χ2n) is 9.80. The minimum atomic E-state index is -0.668. The standard InChI is InChI=1S/C29H33N3O2S/c1-4-25-23(18-32-12-10-20(11-13-32)29(33)34)6-5-7-26(25)27-17-31-28(35-27)22-9-8-21(14-19(2)3)24(15-22)16-30/h5-9,15,17,19-20H,4,10-14,18H2,1-3H3,(H,33,34). The number of aromatic nitrogens is 1. The van der Waals surface area contributed by atoms with E-state index in [1.165, 1.54) is 16.7 Å². The van der Waals surface area contributed by atoms with E-state index >= 15 is 0 Å². The van der Waals surface area contributed by atoms with Crippen LogP contribution in [0.25, 0.3) is 21.0 Å². The van der Waals surface area contributed by atoms with Crippen LogP contribution in [0.2, 0.25) is 0 Å². The number of piperidine rings is 1. The molecule has 1 aliphatic heterocycles. The van der Waals surface area contributed by atoms with Crippen LogP contribution in [0.5, 0.6) is 0 Å². The minimum absolute atomic E-state index is 0.208. The number of thiazole rings is 1. The van der Waals surface area contributed by atoms with Crippen molar-refractivity contribution >= 4 is 17.3 Å². The van der Waals surface area contributed by atoms with Crippen molar-refractivity contribution < 1.29 is 9.90 Å². The van der Waals surface area contributed by atoms with Gasteiger partial charge in [0.05, 0.1) is 22.4 Å². The maximum Gasteiger partial charge on any atom is 0.306 e. The van der Waals surface area contributed by atoms with Crippen molar-refractivity contribution in [2.24, 2.45) is 11.8 Å². The van der Waals surface area contributed by atoms with Crippen LogP contribution in [0.15, 0.2) is 42.6 Å². The molecule has 2 aromatic carbocycles. The maximum atomic E-state index is 11.3. The Morgan fingerprint density at radius 3 is 2.66 bits per heavy atom. The number of aliphatic carboxylic acids is 1. The zero-order valence-corrected chi connectivity index (χ0v) is 21.6. The van der Waals surface area contributed by atoms with Gasteiger partial charge in [-0.05, 0) is 73.0 Å². The molecule has 1 N–H and O–H groups in total. The third-order valence-electron chi connectivity index (χ3n) is 6.83. The predicted molar refractivity (Wildman–Crippen MR) is 141 cm³/mol. The Morgan fingerprint density at radius 1 is 1.23 bits per heavy atom. The molecule has 6 heteroatoms. The Labute approximate surface area is 212 Å². The molecule has 1 aromatic heterocycles. The van der Waals surface area contributed by atoms with Gasteiger partial charge < -0.3 is 5.11 Å². The molecule has 1 saturated heterocycles. The average molecular weight is 488 g/mol. The van der Waals surface area contributed by atoms with Gasteiger partial charge in [-0.2, -0.15) is 5.26 Å². The fourth-order valence-electron chi connectivity index (χ4n) is 4.97. The highest BCUT2D eigenvalue weighted by Gasteiger charge is 2.25. The first kappa shape index (κ1) is 25.1. The molecule has 0 spiro atoms. The van der Waals surface area contributed by atoms with Gasteiger partial charge in [0.1, 0.15) is 5.01 Å². The van der Waals surface area contributed by atoms with Crippen LogP contribution in [0, 0.1) is 23.2 Å². The average Bonchev–Trinajstić information content (AvgIpc) is 3.34. The van der Waals surface area contributed by atoms with E-state index in [1.54, 1.807) is 11.3 Å². The molecule has 182 valence electrons. The van der Waals surface area contributed by atoms with E-state index in [4.69, 9.17) is 4.98 Å². The van der Waals surface area contributed by atoms with E-state index in [9.17, 15) is 15.2 Å². The normalized spacial score (nSPS) is 14.8. The highest BCUT2D eigenvalue weighted by atomic mass is 32.1. The van der Waals surface area contributed by atoms with Crippen molar-refractivity contribution in [3.05, 3.63) is 64.8 Å². The van der Waals surface area contributed by atoms with Gasteiger partial charge in [-0.15, -0.1) is 11.3 Å². The number of benzene rings is 2. The number of hydrogen-bond acceptors (Lipinski definition) is 5. The first-order chi connectivity index (χ1) is 16.9. The van der Waals surface area contributed by atoms with Crippen molar-refractivity contribution in [1.29, 1.82) is 5.26 Å². The second kappa shape index (κ2) is 11.2. The van der Waals surface area contributed by atoms with Crippen molar-refractivity contribution in [2.45, 2.75) is 53.0 Å². The SMILES string of the molecule is CCc1c(CN2CCC(C(=O)O)CC2)cccc1-c1cnc(-c2ccc(CC(C)C)c(C#N)c2)s1. The topological polar surface area (TPSA) is 77.2 Å². The van der Waals surface area contributed by atoms with Crippen molar-refractivity contribution in [1.82, 2.24) is 9.88 Å². The Kier molecular flexibility index (Phi) is 8.00. The van der Waals surface area contributed by atoms with E-state index in [0.29, 0.717) is 5.92 Å². The lowest BCUT2D eigenvalue weighted by atomic mass is 9.94. The second-order valence-corrected chi connectivity index (χ2v) is 10.8. The summed E-state index contributed by atoms with van der Waals surface area (Å²) >= 11 is 1.67. The quantitative estimate of drug-likeness (QED) is 0.397. The Hall–Kier alpha value is -3.01. The molecule has 2 heterocycles. The van der Waals surface area contributed by atoms with Gasteiger partial charge in [-0.3, -0.25) is 9.69 Å². The third kappa shape index (κ3) is 5.80. The summed E-state index contributed by atoms with van der Waals surface area (Å²) in [6, 6.07) is 15.0. The van der Waals surface area contributed by atoms with Gasteiger partial charge in [0.25, 0.3) is 0 Å². The summed E-state index contributed by atoms with van der Waals surface area (Å²) in [5.74, 6) is -0.374. The molecule has 0 amide bonds. The summed E-state index contributed by atoms with van der Waals surface area (Å²) in [4.78, 5) is 19.5. The molecule has 0 unspecified atom stereocenters. The first-order valence-corrected chi connectivity index (χ1v) is 13.3. The number of nitrogens with zero attached hydrogens (tertiary/aromatic N) is 3. The van der Waals surface area contributed by atoms with Gasteiger partial charge >= 0.3 is 5.97 Å². The number of carboxylic acids is 1. The monoisotopic (exact) mass is 487 g/mol. The first-order valence-electron chi connectivity index (χ1n) is 12.4. The van der Waals surface area contributed by atoms with Crippen molar-refractivity contribution in [3.8, 4) is 27.1 Å². The Bertz CT molecular complexity index is 1230. The van der Waals surface area contributed by atoms with Crippen molar-refractivity contribution in [3.63, 3.8) is 0 Å². The van der Waals surface area contributed by atoms with Gasteiger partial charge in [0.15, 0.2) is 0 Å². The summed E-state index contributed by atoms with van der Waals surface area (Å²) < 4.78 is 0. The van der Waals surface area contributed by atoms with Gasteiger partial charge in [0.2, 0.25) is 0 Å². The van der Waals surface area contributed by atoms with E-state index in [1.807, 2.05) is 12.3 Å². The fraction of sp³-hybridized carbons (Fsp3) is 0.414. The highest BCUT2D eigenvalue weighted by molar-refractivity contribution is 7.18. The molecule has 0 saturated carbocycles. The van der Waals surface area contributed by atoms with Crippen LogP contribution in [-0.2, 0) is 24.2 Å². The number of nitriles is 1. The summed E-state index contributed by atoms with van der Waals surface area (Å²) in [6.07, 6.45) is 5.20. The lowest BCUT2D eigenvalue weighted by Crippen LogP contribution is -2.36. The molecular weight excluding hydrogens is 454 g/mol. The molecule has 5 nitrogen and oxygen atoms in total. The van der Waals surface area contributed by atoms with Crippen LogP contribution in [0.4, 0.5) is 0 Å². The molecule has 0 bridgehead atoms. The maximum absolute atomic E-state index is 11.3. The lowest BCUT2D eigenvalue weighted by Gasteiger charge is -2.30. The van der Waals surface area contributed by atoms with Crippen molar-refractivity contribution in [2.75, 3.05) is 13.1 Å². The number of carboxylic acid groups (broad SMARTS) is 1. The number of hydrogen-bond donors (Lipinski definition) is 1. The van der Waals surface area contributed by atoms with Crippen LogP contribution in [0.3, 0.4) is 0 Å². The molecule has 4 rings (SSSR count). The third-order valence-corrected chi connectivity index (χ3v) is 7.91. The largest absolute Gasteiger partial charge is 0.481 e. The van der Waals surface area contributed by atoms with Gasteiger partial charge in [-0.25, -0.2) is 4.98 Å². The zero-order valence-electron chi connectivity index (χ0n) is 20.8. The summed E-state index contributed by atoms with van der Waals surface area (Å²) in [7, 11) is 0. The van der Waals surface area contributed by atoms with Gasteiger partial charge in [0, 0.05) is 18.3 Å². The zero-order chi connectivity index (χ0) is 24.9. The molecule has 0 aliphatic carbocycles. The van der Waals surface area contributed by atoms with Crippen LogP contribution in [0.1, 0.15) is 55.9 Å². The fourth-order valence-corrected chi connectivity index (χ4v) is 5.94. The summed E-state index contributed by atoms with van der Waals surface area (Å²) in [5, 5.41) is 19.9. The molecule has 0 radical (unpaired) electrons. The van der Waals surface area contributed by atoms with E-state index in [-0.39, 0.29) is 5.92 Å². The number of likely N-dealkylation sites (tertiary alicyclic amines) is 1. The smallest absolute Gasteiger partial charge is 0.306 e. The summed E-state index contributed by atoms with van der Waals surface area (Å²) in [5.41, 5.74) is 6.66.